The normalized spacial score (nSPS) is 11.8. The molecule has 0 unspecified atom stereocenters. The number of nitrogen functional groups attached to an aromatic ring is 1. The van der Waals surface area contributed by atoms with Crippen LogP contribution >= 0.6 is 0 Å². The number of aromatic amines is 1. The van der Waals surface area contributed by atoms with E-state index in [0.29, 0.717) is 11.4 Å². The number of nitrogens with one attached hydrogen (secondary N) is 3. The molecule has 0 amide bonds. The summed E-state index contributed by atoms with van der Waals surface area (Å²) < 4.78 is 26.2. The lowest BCUT2D eigenvalue weighted by Crippen LogP contribution is -2.33. The van der Waals surface area contributed by atoms with Crippen molar-refractivity contribution in [2.45, 2.75) is 6.54 Å². The summed E-state index contributed by atoms with van der Waals surface area (Å²) >= 11 is 0. The van der Waals surface area contributed by atoms with E-state index in [9.17, 15) is 8.42 Å². The van der Waals surface area contributed by atoms with Crippen molar-refractivity contribution in [1.29, 1.82) is 0 Å². The Labute approximate surface area is 75.9 Å². The lowest BCUT2D eigenvalue weighted by molar-refractivity contribution is 0.573. The predicted octanol–water partition coefficient (Wildman–Crippen LogP) is -1.45. The second-order valence-corrected chi connectivity index (χ2v) is 4.04. The topological polar surface area (TPSA) is 113 Å². The van der Waals surface area contributed by atoms with Gasteiger partial charge in [0.2, 0.25) is 0 Å². The van der Waals surface area contributed by atoms with Gasteiger partial charge >= 0.3 is 0 Å². The lowest BCUT2D eigenvalue weighted by atomic mass is 10.3. The smallest absolute Gasteiger partial charge is 0.276 e. The number of hydrogen-bond acceptors (Lipinski definition) is 4. The van der Waals surface area contributed by atoms with Crippen LogP contribution in [0.2, 0.25) is 0 Å². The van der Waals surface area contributed by atoms with E-state index in [1.807, 2.05) is 0 Å². The molecule has 0 aliphatic heterocycles. The van der Waals surface area contributed by atoms with E-state index in [1.54, 1.807) is 0 Å². The summed E-state index contributed by atoms with van der Waals surface area (Å²) in [5.74, 6) is 0.360. The third-order valence-corrected chi connectivity index (χ3v) is 2.53. The van der Waals surface area contributed by atoms with Crippen molar-refractivity contribution < 1.29 is 8.42 Å². The molecule has 0 aromatic carbocycles. The van der Waals surface area contributed by atoms with E-state index in [4.69, 9.17) is 5.73 Å². The molecule has 0 aliphatic carbocycles. The molecule has 13 heavy (non-hydrogen) atoms. The monoisotopic (exact) mass is 205 g/mol. The molecule has 0 atom stereocenters. The molecule has 8 heteroatoms. The molecule has 1 heterocycles. The van der Waals surface area contributed by atoms with Crippen molar-refractivity contribution in [2.24, 2.45) is 0 Å². The van der Waals surface area contributed by atoms with Gasteiger partial charge in [0, 0.05) is 19.2 Å². The minimum Gasteiger partial charge on any atom is -0.384 e. The number of anilines is 1. The zero-order valence-electron chi connectivity index (χ0n) is 7.03. The first-order chi connectivity index (χ1) is 6.05. The highest BCUT2D eigenvalue weighted by Gasteiger charge is 2.07. The largest absolute Gasteiger partial charge is 0.384 e. The summed E-state index contributed by atoms with van der Waals surface area (Å²) in [5, 5.41) is 6.14. The molecule has 0 bridgehead atoms. The van der Waals surface area contributed by atoms with Crippen molar-refractivity contribution in [3.63, 3.8) is 0 Å². The third-order valence-electron chi connectivity index (χ3n) is 1.47. The third kappa shape index (κ3) is 2.68. The predicted molar refractivity (Wildman–Crippen MR) is 47.8 cm³/mol. The Kier molecular flexibility index (Phi) is 2.86. The Balaban J connectivity index is 2.58. The maximum Gasteiger partial charge on any atom is 0.276 e. The highest BCUT2D eigenvalue weighted by Crippen LogP contribution is 2.04. The molecular weight excluding hydrogens is 194 g/mol. The molecule has 7 nitrogen and oxygen atoms in total. The van der Waals surface area contributed by atoms with E-state index < -0.39 is 10.2 Å². The van der Waals surface area contributed by atoms with Crippen LogP contribution in [0.15, 0.2) is 6.20 Å². The number of H-pyrrole nitrogens is 1. The van der Waals surface area contributed by atoms with Crippen LogP contribution in [0.25, 0.3) is 0 Å². The van der Waals surface area contributed by atoms with Crippen LogP contribution < -0.4 is 15.2 Å². The molecule has 0 spiro atoms. The summed E-state index contributed by atoms with van der Waals surface area (Å²) in [7, 11) is -2.09. The number of nitrogens with two attached hydrogens (primary N) is 1. The minimum absolute atomic E-state index is 0.117. The number of rotatable bonds is 4. The van der Waals surface area contributed by atoms with Gasteiger partial charge in [0.05, 0.1) is 6.20 Å². The van der Waals surface area contributed by atoms with E-state index in [-0.39, 0.29) is 6.54 Å². The Hall–Kier alpha value is -1.12. The maximum absolute atomic E-state index is 10.9. The Morgan fingerprint density at radius 3 is 2.85 bits per heavy atom. The first-order valence-corrected chi connectivity index (χ1v) is 4.99. The zero-order chi connectivity index (χ0) is 9.90. The highest BCUT2D eigenvalue weighted by atomic mass is 32.2. The summed E-state index contributed by atoms with van der Waals surface area (Å²) in [6.07, 6.45) is 1.47. The summed E-state index contributed by atoms with van der Waals surface area (Å²) in [5.41, 5.74) is 6.05. The Morgan fingerprint density at radius 1 is 1.69 bits per heavy atom. The molecule has 5 N–H and O–H groups in total. The van der Waals surface area contributed by atoms with Crippen molar-refractivity contribution in [3.05, 3.63) is 11.8 Å². The van der Waals surface area contributed by atoms with Crippen LogP contribution in [0.5, 0.6) is 0 Å². The molecule has 0 saturated heterocycles. The van der Waals surface area contributed by atoms with Gasteiger partial charge in [-0.3, -0.25) is 5.10 Å². The van der Waals surface area contributed by atoms with Crippen LogP contribution in [-0.4, -0.2) is 25.7 Å². The van der Waals surface area contributed by atoms with Crippen LogP contribution in [0.1, 0.15) is 5.56 Å². The van der Waals surface area contributed by atoms with Crippen molar-refractivity contribution in [3.8, 4) is 0 Å². The van der Waals surface area contributed by atoms with Gasteiger partial charge in [-0.05, 0) is 0 Å². The van der Waals surface area contributed by atoms with E-state index in [2.05, 4.69) is 19.6 Å². The second-order valence-electron chi connectivity index (χ2n) is 2.34. The van der Waals surface area contributed by atoms with Crippen molar-refractivity contribution in [1.82, 2.24) is 19.6 Å². The van der Waals surface area contributed by atoms with Crippen LogP contribution in [0, 0.1) is 0 Å². The second kappa shape index (κ2) is 3.73. The first kappa shape index (κ1) is 9.96. The molecule has 1 rings (SSSR count). The van der Waals surface area contributed by atoms with Gasteiger partial charge < -0.3 is 5.73 Å². The van der Waals surface area contributed by atoms with Crippen molar-refractivity contribution >= 4 is 16.0 Å². The fourth-order valence-electron chi connectivity index (χ4n) is 0.707. The standard InChI is InChI=1S/C5H11N5O2S/c1-7-13(11,12)9-3-4-2-8-10-5(4)6/h2,7,9H,3H2,1H3,(H3,6,8,10). The average molecular weight is 205 g/mol. The fraction of sp³-hybridized carbons (Fsp3) is 0.400. The van der Waals surface area contributed by atoms with Crippen LogP contribution in [0.4, 0.5) is 5.82 Å². The summed E-state index contributed by atoms with van der Waals surface area (Å²) in [6, 6.07) is 0. The average Bonchev–Trinajstić information content (AvgIpc) is 2.48. The van der Waals surface area contributed by atoms with Gasteiger partial charge in [0.15, 0.2) is 0 Å². The molecule has 0 fully saturated rings. The number of nitrogens with zero attached hydrogens (tertiary/aromatic N) is 1. The minimum atomic E-state index is -3.41. The first-order valence-electron chi connectivity index (χ1n) is 3.51. The van der Waals surface area contributed by atoms with Gasteiger partial charge in [0.25, 0.3) is 10.2 Å². The molecule has 1 aromatic heterocycles. The Bertz CT molecular complexity index is 370. The van der Waals surface area contributed by atoms with Crippen molar-refractivity contribution in [2.75, 3.05) is 12.8 Å². The molecule has 74 valence electrons. The number of hydrogen-bond donors (Lipinski definition) is 4. The van der Waals surface area contributed by atoms with Gasteiger partial charge in [0.1, 0.15) is 5.82 Å². The maximum atomic E-state index is 10.9. The molecular formula is C5H11N5O2S. The van der Waals surface area contributed by atoms with E-state index in [1.165, 1.54) is 13.2 Å². The zero-order valence-corrected chi connectivity index (χ0v) is 7.85. The molecule has 0 saturated carbocycles. The quantitative estimate of drug-likeness (QED) is 0.481. The SMILES string of the molecule is CNS(=O)(=O)NCc1cn[nH]c1N. The summed E-state index contributed by atoms with van der Waals surface area (Å²) in [6.45, 7) is 0.117. The lowest BCUT2D eigenvalue weighted by Gasteiger charge is -2.02. The summed E-state index contributed by atoms with van der Waals surface area (Å²) in [4.78, 5) is 0. The van der Waals surface area contributed by atoms with Gasteiger partial charge in [-0.25, -0.2) is 4.72 Å². The van der Waals surface area contributed by atoms with E-state index >= 15 is 0 Å². The number of aromatic nitrogens is 2. The highest BCUT2D eigenvalue weighted by molar-refractivity contribution is 7.87. The van der Waals surface area contributed by atoms with Gasteiger partial charge in [-0.15, -0.1) is 0 Å². The van der Waals surface area contributed by atoms with Crippen LogP contribution in [-0.2, 0) is 16.8 Å². The molecule has 1 aromatic rings. The van der Waals surface area contributed by atoms with Gasteiger partial charge in [-0.1, -0.05) is 0 Å². The fourth-order valence-corrected chi connectivity index (χ4v) is 1.20. The molecule has 0 aliphatic rings. The van der Waals surface area contributed by atoms with Gasteiger partial charge in [-0.2, -0.15) is 18.2 Å². The Morgan fingerprint density at radius 2 is 2.38 bits per heavy atom. The van der Waals surface area contributed by atoms with E-state index in [0.717, 1.165) is 0 Å². The van der Waals surface area contributed by atoms with Crippen LogP contribution in [0.3, 0.4) is 0 Å². The molecule has 0 radical (unpaired) electrons.